The monoisotopic (exact) mass is 363 g/mol. The average molecular weight is 363 g/mol. The Hall–Kier alpha value is -3.02. The summed E-state index contributed by atoms with van der Waals surface area (Å²) in [7, 11) is 3.74. The SMILES string of the molecule is Cc1cnc(C)c(-c2cccc(C(=O)N(C)Cc3c(C)nn(C)c3C)c2)n1. The molecule has 2 aromatic heterocycles. The van der Waals surface area contributed by atoms with Crippen LogP contribution >= 0.6 is 0 Å². The molecule has 0 radical (unpaired) electrons. The highest BCUT2D eigenvalue weighted by atomic mass is 16.2. The summed E-state index contributed by atoms with van der Waals surface area (Å²) >= 11 is 0. The molecule has 6 nitrogen and oxygen atoms in total. The summed E-state index contributed by atoms with van der Waals surface area (Å²) in [6.45, 7) is 8.36. The maximum absolute atomic E-state index is 13.0. The molecule has 27 heavy (non-hydrogen) atoms. The maximum atomic E-state index is 13.0. The normalized spacial score (nSPS) is 10.9. The molecule has 1 amide bonds. The van der Waals surface area contributed by atoms with Crippen LogP contribution in [0.3, 0.4) is 0 Å². The predicted molar refractivity (Wildman–Crippen MR) is 105 cm³/mol. The van der Waals surface area contributed by atoms with Crippen molar-refractivity contribution in [3.05, 3.63) is 64.4 Å². The first kappa shape index (κ1) is 18.8. The number of rotatable bonds is 4. The molecule has 0 bridgehead atoms. The van der Waals surface area contributed by atoms with Gasteiger partial charge in [0.15, 0.2) is 0 Å². The Morgan fingerprint density at radius 1 is 1.15 bits per heavy atom. The van der Waals surface area contributed by atoms with Crippen LogP contribution in [0.15, 0.2) is 30.5 Å². The number of aromatic nitrogens is 4. The van der Waals surface area contributed by atoms with Crippen molar-refractivity contribution in [3.63, 3.8) is 0 Å². The number of hydrogen-bond donors (Lipinski definition) is 0. The molecule has 1 aromatic carbocycles. The Morgan fingerprint density at radius 3 is 2.56 bits per heavy atom. The number of nitrogens with zero attached hydrogens (tertiary/aromatic N) is 5. The molecule has 0 aliphatic carbocycles. The van der Waals surface area contributed by atoms with Gasteiger partial charge in [0.1, 0.15) is 0 Å². The summed E-state index contributed by atoms with van der Waals surface area (Å²) in [6.07, 6.45) is 1.75. The van der Waals surface area contributed by atoms with Crippen LogP contribution in [0, 0.1) is 27.7 Å². The lowest BCUT2D eigenvalue weighted by Crippen LogP contribution is -2.26. The molecule has 140 valence electrons. The van der Waals surface area contributed by atoms with Crippen molar-refractivity contribution in [2.75, 3.05) is 7.05 Å². The van der Waals surface area contributed by atoms with E-state index < -0.39 is 0 Å². The number of carbonyl (C=O) groups excluding carboxylic acids is 1. The lowest BCUT2D eigenvalue weighted by atomic mass is 10.1. The molecular weight excluding hydrogens is 338 g/mol. The van der Waals surface area contributed by atoms with E-state index >= 15 is 0 Å². The van der Waals surface area contributed by atoms with E-state index in [0.717, 1.165) is 39.6 Å². The van der Waals surface area contributed by atoms with E-state index in [9.17, 15) is 4.79 Å². The third-order valence-corrected chi connectivity index (χ3v) is 4.86. The van der Waals surface area contributed by atoms with E-state index in [4.69, 9.17) is 0 Å². The minimum atomic E-state index is -0.0298. The van der Waals surface area contributed by atoms with Gasteiger partial charge in [-0.2, -0.15) is 5.10 Å². The summed E-state index contributed by atoms with van der Waals surface area (Å²) < 4.78 is 1.85. The van der Waals surface area contributed by atoms with Crippen LogP contribution in [0.2, 0.25) is 0 Å². The summed E-state index contributed by atoms with van der Waals surface area (Å²) in [5.41, 5.74) is 7.16. The lowest BCUT2D eigenvalue weighted by Gasteiger charge is -2.18. The number of carbonyl (C=O) groups is 1. The van der Waals surface area contributed by atoms with Gasteiger partial charge < -0.3 is 4.90 Å². The molecule has 2 heterocycles. The van der Waals surface area contributed by atoms with E-state index in [1.54, 1.807) is 11.1 Å². The van der Waals surface area contributed by atoms with Crippen LogP contribution in [0.1, 0.15) is 38.7 Å². The second kappa shape index (κ2) is 7.31. The highest BCUT2D eigenvalue weighted by Gasteiger charge is 2.17. The standard InChI is InChI=1S/C21H25N5O/c1-13-11-22-15(3)20(23-13)17-8-7-9-18(10-17)21(27)25(5)12-19-14(2)24-26(6)16(19)4/h7-11H,12H2,1-6H3. The first-order valence-electron chi connectivity index (χ1n) is 8.93. The number of aryl methyl sites for hydroxylation is 4. The van der Waals surface area contributed by atoms with Crippen molar-refractivity contribution in [3.8, 4) is 11.3 Å². The minimum absolute atomic E-state index is 0.0298. The zero-order chi connectivity index (χ0) is 19.7. The van der Waals surface area contributed by atoms with E-state index in [2.05, 4.69) is 15.1 Å². The first-order valence-corrected chi connectivity index (χ1v) is 8.93. The summed E-state index contributed by atoms with van der Waals surface area (Å²) in [5, 5.41) is 4.43. The van der Waals surface area contributed by atoms with Gasteiger partial charge in [-0.3, -0.25) is 14.5 Å². The Kier molecular flexibility index (Phi) is 5.08. The van der Waals surface area contributed by atoms with Gasteiger partial charge in [0.25, 0.3) is 5.91 Å². The molecule has 0 saturated carbocycles. The van der Waals surface area contributed by atoms with E-state index in [0.29, 0.717) is 12.1 Å². The van der Waals surface area contributed by atoms with Crippen LogP contribution in [0.4, 0.5) is 0 Å². The summed E-state index contributed by atoms with van der Waals surface area (Å²) in [6, 6.07) is 7.57. The van der Waals surface area contributed by atoms with Crippen LogP contribution < -0.4 is 0 Å². The topological polar surface area (TPSA) is 63.9 Å². The fraction of sp³-hybridized carbons (Fsp3) is 0.333. The zero-order valence-corrected chi connectivity index (χ0v) is 16.7. The van der Waals surface area contributed by atoms with Gasteiger partial charge in [-0.15, -0.1) is 0 Å². The molecule has 0 aliphatic rings. The average Bonchev–Trinajstić information content (AvgIpc) is 2.89. The first-order chi connectivity index (χ1) is 12.8. The van der Waals surface area contributed by atoms with Crippen LogP contribution in [-0.4, -0.2) is 37.6 Å². The molecule has 0 saturated heterocycles. The van der Waals surface area contributed by atoms with E-state index in [1.807, 2.05) is 70.7 Å². The molecule has 0 atom stereocenters. The highest BCUT2D eigenvalue weighted by Crippen LogP contribution is 2.22. The van der Waals surface area contributed by atoms with Crippen molar-refractivity contribution >= 4 is 5.91 Å². The molecule has 0 fully saturated rings. The highest BCUT2D eigenvalue weighted by molar-refractivity contribution is 5.95. The summed E-state index contributed by atoms with van der Waals surface area (Å²) in [4.78, 5) is 23.7. The van der Waals surface area contributed by atoms with Crippen molar-refractivity contribution < 1.29 is 4.79 Å². The van der Waals surface area contributed by atoms with Crippen LogP contribution in [0.25, 0.3) is 11.3 Å². The van der Waals surface area contributed by atoms with Gasteiger partial charge in [0.05, 0.1) is 22.8 Å². The second-order valence-electron chi connectivity index (χ2n) is 6.96. The van der Waals surface area contributed by atoms with Gasteiger partial charge in [0.2, 0.25) is 0 Å². The Bertz CT molecular complexity index is 1010. The van der Waals surface area contributed by atoms with Crippen LogP contribution in [0.5, 0.6) is 0 Å². The van der Waals surface area contributed by atoms with E-state index in [1.165, 1.54) is 0 Å². The minimum Gasteiger partial charge on any atom is -0.337 e. The Labute approximate surface area is 159 Å². The van der Waals surface area contributed by atoms with Crippen molar-refractivity contribution in [1.82, 2.24) is 24.6 Å². The number of hydrogen-bond acceptors (Lipinski definition) is 4. The van der Waals surface area contributed by atoms with Gasteiger partial charge in [-0.05, 0) is 39.8 Å². The Balaban J connectivity index is 1.88. The van der Waals surface area contributed by atoms with Gasteiger partial charge in [-0.1, -0.05) is 12.1 Å². The molecule has 0 N–H and O–H groups in total. The molecule has 0 aliphatic heterocycles. The van der Waals surface area contributed by atoms with E-state index in [-0.39, 0.29) is 5.91 Å². The quantitative estimate of drug-likeness (QED) is 0.713. The zero-order valence-electron chi connectivity index (χ0n) is 16.7. The number of benzene rings is 1. The van der Waals surface area contributed by atoms with Crippen LogP contribution in [-0.2, 0) is 13.6 Å². The molecule has 0 spiro atoms. The summed E-state index contributed by atoms with van der Waals surface area (Å²) in [5.74, 6) is -0.0298. The third-order valence-electron chi connectivity index (χ3n) is 4.86. The molecule has 0 unspecified atom stereocenters. The molecular formula is C21H25N5O. The van der Waals surface area contributed by atoms with Crippen molar-refractivity contribution in [1.29, 1.82) is 0 Å². The van der Waals surface area contributed by atoms with Gasteiger partial charge in [0, 0.05) is 49.2 Å². The molecule has 6 heteroatoms. The second-order valence-corrected chi connectivity index (χ2v) is 6.96. The third kappa shape index (κ3) is 3.74. The molecule has 3 aromatic rings. The Morgan fingerprint density at radius 2 is 1.89 bits per heavy atom. The fourth-order valence-electron chi connectivity index (χ4n) is 3.19. The van der Waals surface area contributed by atoms with Gasteiger partial charge in [-0.25, -0.2) is 4.98 Å². The van der Waals surface area contributed by atoms with Crippen molar-refractivity contribution in [2.24, 2.45) is 7.05 Å². The smallest absolute Gasteiger partial charge is 0.253 e. The predicted octanol–water partition coefficient (Wildman–Crippen LogP) is 3.38. The largest absolute Gasteiger partial charge is 0.337 e. The maximum Gasteiger partial charge on any atom is 0.253 e. The fourth-order valence-corrected chi connectivity index (χ4v) is 3.19. The number of amides is 1. The lowest BCUT2D eigenvalue weighted by molar-refractivity contribution is 0.0785. The van der Waals surface area contributed by atoms with Crippen molar-refractivity contribution in [2.45, 2.75) is 34.2 Å². The molecule has 3 rings (SSSR count). The van der Waals surface area contributed by atoms with Gasteiger partial charge >= 0.3 is 0 Å².